The first-order chi connectivity index (χ1) is 17.2. The van der Waals surface area contributed by atoms with Crippen molar-refractivity contribution >= 4 is 10.9 Å². The molecule has 0 radical (unpaired) electrons. The molecule has 6 nitrogen and oxygen atoms in total. The molecule has 0 bridgehead atoms. The third-order valence-corrected chi connectivity index (χ3v) is 5.76. The Balaban J connectivity index is 1.49. The number of benzene rings is 2. The van der Waals surface area contributed by atoms with E-state index in [1.807, 2.05) is 72.8 Å². The van der Waals surface area contributed by atoms with Crippen LogP contribution in [0.3, 0.4) is 0 Å². The number of fused-ring (bicyclic) bond motifs is 1. The van der Waals surface area contributed by atoms with Gasteiger partial charge < -0.3 is 5.11 Å². The van der Waals surface area contributed by atoms with Crippen molar-refractivity contribution in [3.63, 3.8) is 0 Å². The molecule has 6 aromatic rings. The van der Waals surface area contributed by atoms with E-state index in [9.17, 15) is 5.11 Å². The molecule has 0 amide bonds. The molecule has 35 heavy (non-hydrogen) atoms. The lowest BCUT2D eigenvalue weighted by atomic mass is 10.0. The maximum absolute atomic E-state index is 10.3. The van der Waals surface area contributed by atoms with Gasteiger partial charge in [-0.15, -0.1) is 0 Å². The number of para-hydroxylation sites is 1. The first-order valence-corrected chi connectivity index (χ1v) is 11.1. The van der Waals surface area contributed by atoms with Gasteiger partial charge in [0.2, 0.25) is 0 Å². The lowest BCUT2D eigenvalue weighted by Crippen LogP contribution is -1.96. The molecule has 166 valence electrons. The molecule has 6 rings (SSSR count). The van der Waals surface area contributed by atoms with Crippen molar-refractivity contribution in [1.82, 2.24) is 24.9 Å². The van der Waals surface area contributed by atoms with Gasteiger partial charge in [-0.2, -0.15) is 0 Å². The number of aromatic hydroxyl groups is 1. The van der Waals surface area contributed by atoms with Gasteiger partial charge in [0.15, 0.2) is 5.82 Å². The summed E-state index contributed by atoms with van der Waals surface area (Å²) in [7, 11) is 0. The number of aromatic nitrogens is 5. The molecule has 1 N–H and O–H groups in total. The molecule has 4 heterocycles. The molecule has 0 saturated heterocycles. The Hall–Kier alpha value is -4.97. The molecule has 6 heteroatoms. The minimum absolute atomic E-state index is 0.165. The second kappa shape index (κ2) is 8.76. The summed E-state index contributed by atoms with van der Waals surface area (Å²) < 4.78 is 0. The molecule has 2 aromatic carbocycles. The van der Waals surface area contributed by atoms with Crippen LogP contribution in [-0.2, 0) is 0 Å². The number of hydrogen-bond acceptors (Lipinski definition) is 6. The lowest BCUT2D eigenvalue weighted by molar-refractivity contribution is 0.480. The summed E-state index contributed by atoms with van der Waals surface area (Å²) in [5.41, 5.74) is 6.51. The molecule has 0 unspecified atom stereocenters. The highest BCUT2D eigenvalue weighted by Crippen LogP contribution is 2.31. The van der Waals surface area contributed by atoms with Crippen LogP contribution in [0.4, 0.5) is 0 Å². The van der Waals surface area contributed by atoms with Gasteiger partial charge in [0.05, 0.1) is 17.1 Å². The lowest BCUT2D eigenvalue weighted by Gasteiger charge is -2.10. The molecule has 0 saturated carbocycles. The van der Waals surface area contributed by atoms with Gasteiger partial charge in [-0.3, -0.25) is 9.97 Å². The van der Waals surface area contributed by atoms with E-state index >= 15 is 0 Å². The van der Waals surface area contributed by atoms with Gasteiger partial charge in [-0.05, 0) is 48.5 Å². The Bertz CT molecular complexity index is 1600. The normalized spacial score (nSPS) is 11.0. The fourth-order valence-corrected chi connectivity index (χ4v) is 4.01. The summed E-state index contributed by atoms with van der Waals surface area (Å²) in [6, 6.07) is 27.0. The highest BCUT2D eigenvalue weighted by Gasteiger charge is 2.12. The maximum Gasteiger partial charge on any atom is 0.161 e. The van der Waals surface area contributed by atoms with E-state index < -0.39 is 0 Å². The second-order valence-electron chi connectivity index (χ2n) is 8.07. The van der Waals surface area contributed by atoms with Crippen molar-refractivity contribution < 1.29 is 5.11 Å². The fraction of sp³-hybridized carbons (Fsp3) is 0. The first-order valence-electron chi connectivity index (χ1n) is 11.1. The molecule has 0 atom stereocenters. The van der Waals surface area contributed by atoms with Crippen LogP contribution in [0.5, 0.6) is 5.75 Å². The summed E-state index contributed by atoms with van der Waals surface area (Å²) in [4.78, 5) is 22.9. The van der Waals surface area contributed by atoms with Crippen LogP contribution in [0.15, 0.2) is 110 Å². The van der Waals surface area contributed by atoms with E-state index in [0.717, 1.165) is 44.7 Å². The van der Waals surface area contributed by atoms with E-state index in [-0.39, 0.29) is 5.75 Å². The topological polar surface area (TPSA) is 84.7 Å². The van der Waals surface area contributed by atoms with Gasteiger partial charge in [0.1, 0.15) is 11.3 Å². The van der Waals surface area contributed by atoms with E-state index in [0.29, 0.717) is 11.3 Å². The zero-order valence-electron chi connectivity index (χ0n) is 18.6. The van der Waals surface area contributed by atoms with E-state index in [2.05, 4.69) is 16.0 Å². The summed E-state index contributed by atoms with van der Waals surface area (Å²) in [6.45, 7) is 0. The zero-order valence-corrected chi connectivity index (χ0v) is 18.6. The summed E-state index contributed by atoms with van der Waals surface area (Å²) >= 11 is 0. The number of hydrogen-bond donors (Lipinski definition) is 1. The molecular weight excluding hydrogens is 434 g/mol. The second-order valence-corrected chi connectivity index (χ2v) is 8.07. The van der Waals surface area contributed by atoms with E-state index in [4.69, 9.17) is 15.0 Å². The largest absolute Gasteiger partial charge is 0.506 e. The number of pyridine rings is 3. The molecule has 0 aliphatic rings. The van der Waals surface area contributed by atoms with Crippen molar-refractivity contribution in [2.45, 2.75) is 0 Å². The number of phenols is 1. The standard InChI is InChI=1S/C29H19N5O/c35-27-10-2-5-19-11-12-24(32-28(19)27)20-6-1-7-21(15-20)25-16-26(22-8-3-13-30-17-22)34-29(33-25)23-9-4-14-31-18-23/h1-18,35H. The van der Waals surface area contributed by atoms with Crippen LogP contribution < -0.4 is 0 Å². The highest BCUT2D eigenvalue weighted by atomic mass is 16.3. The molecule has 4 aromatic heterocycles. The van der Waals surface area contributed by atoms with Gasteiger partial charge in [0.25, 0.3) is 0 Å². The van der Waals surface area contributed by atoms with Crippen molar-refractivity contribution in [2.75, 3.05) is 0 Å². The van der Waals surface area contributed by atoms with Crippen molar-refractivity contribution in [3.8, 4) is 50.9 Å². The van der Waals surface area contributed by atoms with Gasteiger partial charge in [-0.1, -0.05) is 36.4 Å². The maximum atomic E-state index is 10.3. The third-order valence-electron chi connectivity index (χ3n) is 5.76. The van der Waals surface area contributed by atoms with Crippen LogP contribution in [0.1, 0.15) is 0 Å². The average molecular weight is 454 g/mol. The van der Waals surface area contributed by atoms with Crippen molar-refractivity contribution in [3.05, 3.63) is 110 Å². The molecule has 0 aliphatic heterocycles. The number of phenolic OH excluding ortho intramolecular Hbond substituents is 1. The average Bonchev–Trinajstić information content (AvgIpc) is 2.94. The Morgan fingerprint density at radius 3 is 1.91 bits per heavy atom. The number of nitrogens with zero attached hydrogens (tertiary/aromatic N) is 5. The first kappa shape index (κ1) is 20.6. The Morgan fingerprint density at radius 2 is 1.17 bits per heavy atom. The van der Waals surface area contributed by atoms with Gasteiger partial charge in [-0.25, -0.2) is 15.0 Å². The minimum atomic E-state index is 0.165. The fourth-order valence-electron chi connectivity index (χ4n) is 4.01. The van der Waals surface area contributed by atoms with Crippen LogP contribution >= 0.6 is 0 Å². The van der Waals surface area contributed by atoms with E-state index in [1.165, 1.54) is 0 Å². The summed E-state index contributed by atoms with van der Waals surface area (Å²) in [5, 5.41) is 11.2. The van der Waals surface area contributed by atoms with Crippen LogP contribution in [0, 0.1) is 0 Å². The highest BCUT2D eigenvalue weighted by molar-refractivity contribution is 5.87. The zero-order chi connectivity index (χ0) is 23.6. The Morgan fingerprint density at radius 1 is 0.514 bits per heavy atom. The molecule has 0 aliphatic carbocycles. The predicted molar refractivity (Wildman–Crippen MR) is 136 cm³/mol. The monoisotopic (exact) mass is 453 g/mol. The van der Waals surface area contributed by atoms with Gasteiger partial charge in [0, 0.05) is 52.4 Å². The molecular formula is C29H19N5O. The predicted octanol–water partition coefficient (Wildman–Crippen LogP) is 6.19. The minimum Gasteiger partial charge on any atom is -0.506 e. The van der Waals surface area contributed by atoms with Crippen molar-refractivity contribution in [1.29, 1.82) is 0 Å². The van der Waals surface area contributed by atoms with Crippen LogP contribution in [-0.4, -0.2) is 30.0 Å². The smallest absolute Gasteiger partial charge is 0.161 e. The van der Waals surface area contributed by atoms with Crippen LogP contribution in [0.25, 0.3) is 56.1 Å². The molecule has 0 spiro atoms. The van der Waals surface area contributed by atoms with E-state index in [1.54, 1.807) is 30.9 Å². The third kappa shape index (κ3) is 4.09. The number of rotatable bonds is 4. The quantitative estimate of drug-likeness (QED) is 0.343. The Kier molecular flexibility index (Phi) is 5.16. The van der Waals surface area contributed by atoms with Gasteiger partial charge >= 0.3 is 0 Å². The van der Waals surface area contributed by atoms with Crippen LogP contribution in [0.2, 0.25) is 0 Å². The van der Waals surface area contributed by atoms with Crippen molar-refractivity contribution in [2.24, 2.45) is 0 Å². The summed E-state index contributed by atoms with van der Waals surface area (Å²) in [6.07, 6.45) is 7.02. The SMILES string of the molecule is Oc1cccc2ccc(-c3cccc(-c4cc(-c5cccnc5)nc(-c5cccnc5)n4)c3)nc12. The Labute approximate surface area is 201 Å². The molecule has 0 fully saturated rings. The summed E-state index contributed by atoms with van der Waals surface area (Å²) in [5.74, 6) is 0.757.